The molecular formula is C17H17FN2O5S. The molecule has 0 aliphatic carbocycles. The molecule has 0 fully saturated rings. The molecule has 2 aromatic rings. The van der Waals surface area contributed by atoms with Crippen molar-refractivity contribution in [3.63, 3.8) is 0 Å². The van der Waals surface area contributed by atoms with Crippen LogP contribution in [0.5, 0.6) is 0 Å². The van der Waals surface area contributed by atoms with Gasteiger partial charge in [0.2, 0.25) is 10.0 Å². The van der Waals surface area contributed by atoms with Gasteiger partial charge in [0.15, 0.2) is 6.61 Å². The second-order valence-corrected chi connectivity index (χ2v) is 7.03. The van der Waals surface area contributed by atoms with Gasteiger partial charge >= 0.3 is 5.97 Å². The summed E-state index contributed by atoms with van der Waals surface area (Å²) in [5.41, 5.74) is 1.27. The zero-order chi connectivity index (χ0) is 19.3. The molecule has 0 radical (unpaired) electrons. The third-order valence-electron chi connectivity index (χ3n) is 3.56. The average molecular weight is 380 g/mol. The maximum Gasteiger partial charge on any atom is 0.341 e. The SMILES string of the molecule is Cc1ccccc1CNC(=O)COC(=O)c1cc(S(N)(=O)=O)ccc1F. The van der Waals surface area contributed by atoms with E-state index in [0.29, 0.717) is 0 Å². The van der Waals surface area contributed by atoms with Gasteiger partial charge in [0.25, 0.3) is 5.91 Å². The molecule has 2 rings (SSSR count). The Morgan fingerprint density at radius 3 is 2.54 bits per heavy atom. The lowest BCUT2D eigenvalue weighted by atomic mass is 10.1. The summed E-state index contributed by atoms with van der Waals surface area (Å²) in [6.07, 6.45) is 0. The van der Waals surface area contributed by atoms with Crippen molar-refractivity contribution in [2.45, 2.75) is 18.4 Å². The molecule has 1 amide bonds. The van der Waals surface area contributed by atoms with E-state index in [1.54, 1.807) is 0 Å². The normalized spacial score (nSPS) is 11.0. The number of halogens is 1. The highest BCUT2D eigenvalue weighted by Crippen LogP contribution is 2.15. The number of hydrogen-bond donors (Lipinski definition) is 2. The molecule has 0 heterocycles. The van der Waals surface area contributed by atoms with E-state index in [1.165, 1.54) is 0 Å². The molecule has 2 aromatic carbocycles. The van der Waals surface area contributed by atoms with Crippen LogP contribution in [-0.4, -0.2) is 26.9 Å². The Balaban J connectivity index is 1.96. The van der Waals surface area contributed by atoms with Gasteiger partial charge in [-0.2, -0.15) is 0 Å². The fourth-order valence-corrected chi connectivity index (χ4v) is 2.64. The number of benzene rings is 2. The van der Waals surface area contributed by atoms with Crippen LogP contribution in [0.25, 0.3) is 0 Å². The topological polar surface area (TPSA) is 116 Å². The minimum absolute atomic E-state index is 0.248. The number of amides is 1. The fourth-order valence-electron chi connectivity index (χ4n) is 2.10. The Kier molecular flexibility index (Phi) is 6.06. The van der Waals surface area contributed by atoms with Crippen molar-refractivity contribution in [1.29, 1.82) is 0 Å². The quantitative estimate of drug-likeness (QED) is 0.732. The lowest BCUT2D eigenvalue weighted by molar-refractivity contribution is -0.124. The first-order valence-electron chi connectivity index (χ1n) is 7.49. The number of esters is 1. The maximum atomic E-state index is 13.7. The Morgan fingerprint density at radius 2 is 1.88 bits per heavy atom. The van der Waals surface area contributed by atoms with Crippen LogP contribution in [0.15, 0.2) is 47.4 Å². The molecule has 0 saturated carbocycles. The number of aryl methyl sites for hydroxylation is 1. The lowest BCUT2D eigenvalue weighted by Crippen LogP contribution is -2.28. The predicted molar refractivity (Wildman–Crippen MR) is 91.1 cm³/mol. The molecule has 0 aliphatic rings. The van der Waals surface area contributed by atoms with E-state index >= 15 is 0 Å². The van der Waals surface area contributed by atoms with Crippen molar-refractivity contribution in [2.75, 3.05) is 6.61 Å². The van der Waals surface area contributed by atoms with Crippen LogP contribution in [0.2, 0.25) is 0 Å². The van der Waals surface area contributed by atoms with Crippen molar-refractivity contribution in [3.8, 4) is 0 Å². The smallest absolute Gasteiger partial charge is 0.341 e. The minimum Gasteiger partial charge on any atom is -0.452 e. The Bertz CT molecular complexity index is 944. The van der Waals surface area contributed by atoms with Crippen LogP contribution in [0.1, 0.15) is 21.5 Å². The molecule has 9 heteroatoms. The third-order valence-corrected chi connectivity index (χ3v) is 4.47. The summed E-state index contributed by atoms with van der Waals surface area (Å²) in [4.78, 5) is 23.2. The molecule has 0 unspecified atom stereocenters. The number of nitrogens with two attached hydrogens (primary N) is 1. The van der Waals surface area contributed by atoms with Crippen LogP contribution in [0, 0.1) is 12.7 Å². The van der Waals surface area contributed by atoms with Gasteiger partial charge in [-0.15, -0.1) is 0 Å². The molecule has 0 saturated heterocycles. The Labute approximate surface area is 150 Å². The van der Waals surface area contributed by atoms with E-state index in [2.05, 4.69) is 5.32 Å². The van der Waals surface area contributed by atoms with Gasteiger partial charge in [0.05, 0.1) is 10.5 Å². The molecule has 0 aromatic heterocycles. The van der Waals surface area contributed by atoms with Gasteiger partial charge in [-0.25, -0.2) is 22.7 Å². The van der Waals surface area contributed by atoms with Crippen LogP contribution >= 0.6 is 0 Å². The van der Waals surface area contributed by atoms with Crippen molar-refractivity contribution < 1.29 is 27.1 Å². The number of carbonyl (C=O) groups is 2. The van der Waals surface area contributed by atoms with Gasteiger partial charge in [-0.1, -0.05) is 24.3 Å². The van der Waals surface area contributed by atoms with Crippen molar-refractivity contribution in [3.05, 3.63) is 65.0 Å². The first-order chi connectivity index (χ1) is 12.2. The highest BCUT2D eigenvalue weighted by atomic mass is 32.2. The molecule has 0 aliphatic heterocycles. The Morgan fingerprint density at radius 1 is 1.19 bits per heavy atom. The fraction of sp³-hybridized carbons (Fsp3) is 0.176. The highest BCUT2D eigenvalue weighted by molar-refractivity contribution is 7.89. The summed E-state index contributed by atoms with van der Waals surface area (Å²) in [6, 6.07) is 9.91. The van der Waals surface area contributed by atoms with E-state index in [-0.39, 0.29) is 6.54 Å². The van der Waals surface area contributed by atoms with Crippen LogP contribution in [0.4, 0.5) is 4.39 Å². The number of sulfonamides is 1. The largest absolute Gasteiger partial charge is 0.452 e. The molecule has 138 valence electrons. The monoisotopic (exact) mass is 380 g/mol. The van der Waals surface area contributed by atoms with Crippen molar-refractivity contribution >= 4 is 21.9 Å². The summed E-state index contributed by atoms with van der Waals surface area (Å²) in [7, 11) is -4.10. The van der Waals surface area contributed by atoms with Crippen molar-refractivity contribution in [2.24, 2.45) is 5.14 Å². The number of primary sulfonamides is 1. The van der Waals surface area contributed by atoms with E-state index in [0.717, 1.165) is 29.3 Å². The van der Waals surface area contributed by atoms with Crippen molar-refractivity contribution in [1.82, 2.24) is 5.32 Å². The molecule has 0 spiro atoms. The van der Waals surface area contributed by atoms with Crippen LogP contribution in [-0.2, 0) is 26.1 Å². The number of hydrogen-bond acceptors (Lipinski definition) is 5. The predicted octanol–water partition coefficient (Wildman–Crippen LogP) is 1.25. The summed E-state index contributed by atoms with van der Waals surface area (Å²) in [6.45, 7) is 1.50. The molecule has 0 atom stereocenters. The van der Waals surface area contributed by atoms with Gasteiger partial charge in [0.1, 0.15) is 5.82 Å². The van der Waals surface area contributed by atoms with Crippen LogP contribution in [0.3, 0.4) is 0 Å². The average Bonchev–Trinajstić information content (AvgIpc) is 2.58. The second-order valence-electron chi connectivity index (χ2n) is 5.47. The highest BCUT2D eigenvalue weighted by Gasteiger charge is 2.19. The number of rotatable bonds is 6. The van der Waals surface area contributed by atoms with E-state index in [9.17, 15) is 22.4 Å². The van der Waals surface area contributed by atoms with E-state index in [1.807, 2.05) is 31.2 Å². The lowest BCUT2D eigenvalue weighted by Gasteiger charge is -2.09. The Hall–Kier alpha value is -2.78. The standard InChI is InChI=1S/C17H17FN2O5S/c1-11-4-2-3-5-12(11)9-20-16(21)10-25-17(22)14-8-13(26(19,23)24)6-7-15(14)18/h2-8H,9-10H2,1H3,(H,20,21)(H2,19,23,24). The minimum atomic E-state index is -4.10. The first kappa shape index (κ1) is 19.5. The molecule has 26 heavy (non-hydrogen) atoms. The molecular weight excluding hydrogens is 363 g/mol. The second kappa shape index (κ2) is 8.07. The van der Waals surface area contributed by atoms with Gasteiger partial charge in [-0.3, -0.25) is 4.79 Å². The van der Waals surface area contributed by atoms with E-state index in [4.69, 9.17) is 9.88 Å². The first-order valence-corrected chi connectivity index (χ1v) is 9.04. The van der Waals surface area contributed by atoms with Gasteiger partial charge in [0, 0.05) is 6.54 Å². The molecule has 0 bridgehead atoms. The molecule has 3 N–H and O–H groups in total. The molecule has 7 nitrogen and oxygen atoms in total. The third kappa shape index (κ3) is 5.11. The summed E-state index contributed by atoms with van der Waals surface area (Å²) in [5.74, 6) is -2.73. The van der Waals surface area contributed by atoms with E-state index < -0.39 is 44.8 Å². The number of carbonyl (C=O) groups excluding carboxylic acids is 2. The van der Waals surface area contributed by atoms with Gasteiger partial charge in [-0.05, 0) is 36.2 Å². The zero-order valence-corrected chi connectivity index (χ0v) is 14.7. The maximum absolute atomic E-state index is 13.7. The zero-order valence-electron chi connectivity index (χ0n) is 13.9. The summed E-state index contributed by atoms with van der Waals surface area (Å²) < 4.78 is 41.0. The number of nitrogens with one attached hydrogen (secondary N) is 1. The summed E-state index contributed by atoms with van der Waals surface area (Å²) >= 11 is 0. The number of ether oxygens (including phenoxy) is 1. The van der Waals surface area contributed by atoms with Crippen LogP contribution < -0.4 is 10.5 Å². The van der Waals surface area contributed by atoms with Gasteiger partial charge < -0.3 is 10.1 Å². The summed E-state index contributed by atoms with van der Waals surface area (Å²) in [5, 5.41) is 7.51.